The molecule has 0 saturated carbocycles. The molecule has 0 aliphatic heterocycles. The standard InChI is InChI=1S/C10H7ClN2O3/c11-7-1-2-9(14)8(3-7)6-4-12-13(5-6)10(15)16/h1-5,14H,(H,15,16). The predicted molar refractivity (Wildman–Crippen MR) is 57.8 cm³/mol. The van der Waals surface area contributed by atoms with Gasteiger partial charge < -0.3 is 10.2 Å². The second kappa shape index (κ2) is 3.86. The van der Waals surface area contributed by atoms with Crippen LogP contribution in [0.25, 0.3) is 11.1 Å². The van der Waals surface area contributed by atoms with E-state index in [1.54, 1.807) is 12.1 Å². The van der Waals surface area contributed by atoms with Crippen molar-refractivity contribution in [3.05, 3.63) is 35.6 Å². The molecule has 0 unspecified atom stereocenters. The third kappa shape index (κ3) is 1.85. The minimum atomic E-state index is -1.19. The van der Waals surface area contributed by atoms with Crippen molar-refractivity contribution in [3.8, 4) is 16.9 Å². The highest BCUT2D eigenvalue weighted by molar-refractivity contribution is 6.30. The van der Waals surface area contributed by atoms with Gasteiger partial charge in [0.1, 0.15) is 5.75 Å². The zero-order valence-electron chi connectivity index (χ0n) is 7.96. The maximum Gasteiger partial charge on any atom is 0.432 e. The van der Waals surface area contributed by atoms with E-state index in [0.717, 1.165) is 4.68 Å². The van der Waals surface area contributed by atoms with Crippen molar-refractivity contribution in [1.29, 1.82) is 0 Å². The first-order valence-corrected chi connectivity index (χ1v) is 4.72. The molecule has 2 rings (SSSR count). The van der Waals surface area contributed by atoms with Crippen molar-refractivity contribution < 1.29 is 15.0 Å². The number of carbonyl (C=O) groups is 1. The number of nitrogens with zero attached hydrogens (tertiary/aromatic N) is 2. The predicted octanol–water partition coefficient (Wildman–Crippen LogP) is 2.44. The molecule has 82 valence electrons. The van der Waals surface area contributed by atoms with Crippen LogP contribution in [0, 0.1) is 0 Å². The van der Waals surface area contributed by atoms with Gasteiger partial charge in [0.2, 0.25) is 0 Å². The molecule has 0 aliphatic rings. The van der Waals surface area contributed by atoms with Gasteiger partial charge >= 0.3 is 6.09 Å². The summed E-state index contributed by atoms with van der Waals surface area (Å²) in [6.45, 7) is 0. The highest BCUT2D eigenvalue weighted by atomic mass is 35.5. The van der Waals surface area contributed by atoms with E-state index in [1.807, 2.05) is 0 Å². The molecule has 1 aromatic carbocycles. The van der Waals surface area contributed by atoms with Crippen LogP contribution in [0.1, 0.15) is 0 Å². The lowest BCUT2D eigenvalue weighted by Gasteiger charge is -2.01. The molecule has 2 aromatic rings. The topological polar surface area (TPSA) is 75.3 Å². The molecule has 0 aliphatic carbocycles. The molecule has 1 aromatic heterocycles. The van der Waals surface area contributed by atoms with Gasteiger partial charge in [0, 0.05) is 22.3 Å². The number of rotatable bonds is 1. The van der Waals surface area contributed by atoms with Crippen LogP contribution in [0.15, 0.2) is 30.6 Å². The van der Waals surface area contributed by atoms with Crippen LogP contribution in [0.3, 0.4) is 0 Å². The summed E-state index contributed by atoms with van der Waals surface area (Å²) < 4.78 is 0.760. The minimum Gasteiger partial charge on any atom is -0.507 e. The maximum absolute atomic E-state index is 10.6. The highest BCUT2D eigenvalue weighted by Crippen LogP contribution is 2.31. The van der Waals surface area contributed by atoms with E-state index in [0.29, 0.717) is 16.1 Å². The van der Waals surface area contributed by atoms with E-state index >= 15 is 0 Å². The Labute approximate surface area is 95.5 Å². The molecule has 0 fully saturated rings. The van der Waals surface area contributed by atoms with Crippen molar-refractivity contribution in [3.63, 3.8) is 0 Å². The molecule has 1 heterocycles. The summed E-state index contributed by atoms with van der Waals surface area (Å²) in [6, 6.07) is 4.53. The van der Waals surface area contributed by atoms with E-state index < -0.39 is 6.09 Å². The molecule has 0 spiro atoms. The van der Waals surface area contributed by atoms with Crippen molar-refractivity contribution in [2.45, 2.75) is 0 Å². The number of hydrogen-bond acceptors (Lipinski definition) is 3. The summed E-state index contributed by atoms with van der Waals surface area (Å²) in [4.78, 5) is 10.6. The van der Waals surface area contributed by atoms with Crippen LogP contribution in [0.2, 0.25) is 5.02 Å². The first-order valence-electron chi connectivity index (χ1n) is 4.35. The van der Waals surface area contributed by atoms with Crippen LogP contribution in [0.4, 0.5) is 4.79 Å². The molecule has 2 N–H and O–H groups in total. The van der Waals surface area contributed by atoms with E-state index in [-0.39, 0.29) is 5.75 Å². The number of aromatic hydroxyl groups is 1. The fourth-order valence-corrected chi connectivity index (χ4v) is 1.48. The van der Waals surface area contributed by atoms with Crippen LogP contribution >= 0.6 is 11.6 Å². The Morgan fingerprint density at radius 3 is 2.81 bits per heavy atom. The molecule has 0 radical (unpaired) electrons. The van der Waals surface area contributed by atoms with Gasteiger partial charge in [0.05, 0.1) is 6.20 Å². The van der Waals surface area contributed by atoms with Gasteiger partial charge in [0.25, 0.3) is 0 Å². The SMILES string of the molecule is O=C(O)n1cc(-c2cc(Cl)ccc2O)cn1. The number of phenolic OH excluding ortho intramolecular Hbond substituents is 1. The second-order valence-electron chi connectivity index (χ2n) is 3.12. The lowest BCUT2D eigenvalue weighted by atomic mass is 10.1. The zero-order chi connectivity index (χ0) is 11.7. The molecule has 6 heteroatoms. The number of phenols is 1. The largest absolute Gasteiger partial charge is 0.507 e. The van der Waals surface area contributed by atoms with Crippen LogP contribution < -0.4 is 0 Å². The number of hydrogen-bond donors (Lipinski definition) is 2. The molecular formula is C10H7ClN2O3. The van der Waals surface area contributed by atoms with Crippen molar-refractivity contribution in [2.24, 2.45) is 0 Å². The molecule has 5 nitrogen and oxygen atoms in total. The third-order valence-electron chi connectivity index (χ3n) is 2.05. The molecular weight excluding hydrogens is 232 g/mol. The molecule has 0 saturated heterocycles. The van der Waals surface area contributed by atoms with Crippen LogP contribution in [-0.4, -0.2) is 26.1 Å². The Kier molecular flexibility index (Phi) is 2.54. The first-order chi connectivity index (χ1) is 7.58. The summed E-state index contributed by atoms with van der Waals surface area (Å²) in [5.74, 6) is 0.0225. The van der Waals surface area contributed by atoms with Gasteiger partial charge in [-0.25, -0.2) is 4.79 Å². The summed E-state index contributed by atoms with van der Waals surface area (Å²) in [5, 5.41) is 22.4. The lowest BCUT2D eigenvalue weighted by molar-refractivity contribution is 0.192. The number of aromatic nitrogens is 2. The quantitative estimate of drug-likeness (QED) is 0.800. The smallest absolute Gasteiger partial charge is 0.432 e. The fourth-order valence-electron chi connectivity index (χ4n) is 1.31. The van der Waals surface area contributed by atoms with Gasteiger partial charge in [-0.2, -0.15) is 9.78 Å². The Hall–Kier alpha value is -2.01. The Morgan fingerprint density at radius 1 is 1.44 bits per heavy atom. The molecule has 0 amide bonds. The van der Waals surface area contributed by atoms with E-state index in [1.165, 1.54) is 18.5 Å². The van der Waals surface area contributed by atoms with Crippen molar-refractivity contribution in [1.82, 2.24) is 9.78 Å². The Balaban J connectivity index is 2.50. The Bertz CT molecular complexity index is 551. The lowest BCUT2D eigenvalue weighted by Crippen LogP contribution is -2.07. The third-order valence-corrected chi connectivity index (χ3v) is 2.28. The monoisotopic (exact) mass is 238 g/mol. The average molecular weight is 239 g/mol. The minimum absolute atomic E-state index is 0.0225. The molecule has 0 bridgehead atoms. The van der Waals surface area contributed by atoms with Gasteiger partial charge in [-0.05, 0) is 18.2 Å². The van der Waals surface area contributed by atoms with Crippen molar-refractivity contribution >= 4 is 17.7 Å². The summed E-state index contributed by atoms with van der Waals surface area (Å²) in [7, 11) is 0. The summed E-state index contributed by atoms with van der Waals surface area (Å²) in [5.41, 5.74) is 0.933. The van der Waals surface area contributed by atoms with Gasteiger partial charge in [-0.1, -0.05) is 11.6 Å². The van der Waals surface area contributed by atoms with E-state index in [4.69, 9.17) is 16.7 Å². The number of halogens is 1. The van der Waals surface area contributed by atoms with Crippen molar-refractivity contribution in [2.75, 3.05) is 0 Å². The number of benzene rings is 1. The van der Waals surface area contributed by atoms with E-state index in [9.17, 15) is 9.90 Å². The highest BCUT2D eigenvalue weighted by Gasteiger charge is 2.10. The van der Waals surface area contributed by atoms with Gasteiger partial charge in [-0.3, -0.25) is 0 Å². The van der Waals surface area contributed by atoms with Crippen LogP contribution in [-0.2, 0) is 0 Å². The van der Waals surface area contributed by atoms with Gasteiger partial charge in [0.15, 0.2) is 0 Å². The Morgan fingerprint density at radius 2 is 2.19 bits per heavy atom. The maximum atomic E-state index is 10.6. The zero-order valence-corrected chi connectivity index (χ0v) is 8.72. The molecule has 0 atom stereocenters. The number of carboxylic acid groups (broad SMARTS) is 1. The first kappa shape index (κ1) is 10.5. The van der Waals surface area contributed by atoms with Crippen LogP contribution in [0.5, 0.6) is 5.75 Å². The second-order valence-corrected chi connectivity index (χ2v) is 3.55. The van der Waals surface area contributed by atoms with Gasteiger partial charge in [-0.15, -0.1) is 0 Å². The van der Waals surface area contributed by atoms with E-state index in [2.05, 4.69) is 5.10 Å². The average Bonchev–Trinajstić information content (AvgIpc) is 2.70. The molecule has 16 heavy (non-hydrogen) atoms. The normalized spacial score (nSPS) is 10.3. The summed E-state index contributed by atoms with van der Waals surface area (Å²) >= 11 is 5.78. The summed E-state index contributed by atoms with van der Waals surface area (Å²) in [6.07, 6.45) is 1.46. The fraction of sp³-hybridized carbons (Fsp3) is 0.